The van der Waals surface area contributed by atoms with Crippen LogP contribution in [0.25, 0.3) is 0 Å². The summed E-state index contributed by atoms with van der Waals surface area (Å²) in [6.45, 7) is 0. The number of halogens is 1. The largest absolute Gasteiger partial charge is 0.480 e. The Labute approximate surface area is 121 Å². The van der Waals surface area contributed by atoms with Crippen LogP contribution in [0.5, 0.6) is 0 Å². The number of alkyl halides is 1. The molecule has 18 heavy (non-hydrogen) atoms. The van der Waals surface area contributed by atoms with Crippen molar-refractivity contribution in [1.29, 1.82) is 0 Å². The zero-order valence-corrected chi connectivity index (χ0v) is 12.6. The molecule has 0 amide bonds. The van der Waals surface area contributed by atoms with Crippen molar-refractivity contribution in [3.8, 4) is 0 Å². The second kappa shape index (κ2) is 10.5. The fourth-order valence-electron chi connectivity index (χ4n) is 1.17. The molecule has 0 aromatic carbocycles. The normalized spacial score (nSPS) is 25.9. The third kappa shape index (κ3) is 13.6. The van der Waals surface area contributed by atoms with E-state index in [-0.39, 0.29) is 15.9 Å². The first-order valence-corrected chi connectivity index (χ1v) is 6.61. The second-order valence-corrected chi connectivity index (χ2v) is 5.87. The molecule has 0 radical (unpaired) electrons. The van der Waals surface area contributed by atoms with E-state index >= 15 is 0 Å². The molecule has 0 bridgehead atoms. The van der Waals surface area contributed by atoms with Gasteiger partial charge in [-0.2, -0.15) is 0 Å². The molecule has 0 aromatic heterocycles. The summed E-state index contributed by atoms with van der Waals surface area (Å²) in [4.78, 5) is 17.6. The van der Waals surface area contributed by atoms with Crippen LogP contribution in [0.2, 0.25) is 0 Å². The van der Waals surface area contributed by atoms with Crippen molar-refractivity contribution in [2.24, 2.45) is 11.5 Å². The van der Waals surface area contributed by atoms with E-state index in [1.807, 2.05) is 0 Å². The van der Waals surface area contributed by atoms with Crippen LogP contribution < -0.4 is 11.5 Å². The first-order valence-electron chi connectivity index (χ1n) is 4.94. The molecular formula is C8H17ClN3O5Pt. The summed E-state index contributed by atoms with van der Waals surface area (Å²) in [7, 11) is 0. The van der Waals surface area contributed by atoms with Gasteiger partial charge in [-0.25, -0.2) is 0 Å². The molecule has 111 valence electrons. The molecular weight excluding hydrogens is 449 g/mol. The van der Waals surface area contributed by atoms with Crippen LogP contribution in [0.4, 0.5) is 0 Å². The Hall–Kier alpha value is -0.432. The monoisotopic (exact) mass is 465 g/mol. The summed E-state index contributed by atoms with van der Waals surface area (Å²) in [6, 6.07) is 0.216. The first-order chi connectivity index (χ1) is 8.13. The predicted octanol–water partition coefficient (Wildman–Crippen LogP) is 0.0516. The fraction of sp³-hybridized carbons (Fsp3) is 0.875. The molecule has 1 aliphatic carbocycles. The third-order valence-corrected chi connectivity index (χ3v) is 3.66. The topological polar surface area (TPSA) is 153 Å². The molecule has 10 heteroatoms. The summed E-state index contributed by atoms with van der Waals surface area (Å²) in [5.74, 6) is -1.29. The van der Waals surface area contributed by atoms with Gasteiger partial charge in [-0.3, -0.25) is 4.79 Å². The number of hydrogen-bond acceptors (Lipinski definition) is 5. The summed E-state index contributed by atoms with van der Waals surface area (Å²) < 4.78 is -0.113. The molecule has 1 aliphatic rings. The van der Waals surface area contributed by atoms with Gasteiger partial charge >= 0.3 is 72.9 Å². The van der Waals surface area contributed by atoms with Crippen molar-refractivity contribution in [3.63, 3.8) is 0 Å². The Morgan fingerprint density at radius 2 is 2.00 bits per heavy atom. The van der Waals surface area contributed by atoms with E-state index in [9.17, 15) is 4.79 Å². The van der Waals surface area contributed by atoms with Crippen molar-refractivity contribution in [1.82, 2.24) is 0 Å². The van der Waals surface area contributed by atoms with Gasteiger partial charge in [0.05, 0.1) is 0 Å². The van der Waals surface area contributed by atoms with Gasteiger partial charge in [-0.1, -0.05) is 0 Å². The van der Waals surface area contributed by atoms with E-state index < -0.39 is 11.1 Å². The van der Waals surface area contributed by atoms with Crippen LogP contribution >= 0.6 is 11.6 Å². The number of rotatable bonds is 1. The Kier molecular flexibility index (Phi) is 11.6. The molecule has 0 saturated heterocycles. The maximum Gasteiger partial charge on any atom is 0.318 e. The summed E-state index contributed by atoms with van der Waals surface area (Å²) in [5.41, 5.74) is 11.7. The number of aliphatic carboxylic acids is 1. The SMILES string of the molecule is N[C@@H]1CCCC[C@]1(N)[Pt].O=C(O)CCl.O=[N+]([O-])O. The smallest absolute Gasteiger partial charge is 0.318 e. The van der Waals surface area contributed by atoms with Crippen molar-refractivity contribution in [2.45, 2.75) is 35.7 Å². The van der Waals surface area contributed by atoms with E-state index in [0.29, 0.717) is 0 Å². The minimum Gasteiger partial charge on any atom is -0.480 e. The zero-order valence-electron chi connectivity index (χ0n) is 9.53. The zero-order chi connectivity index (χ0) is 14.8. The average Bonchev–Trinajstić information content (AvgIpc) is 2.22. The number of nitrogens with zero attached hydrogens (tertiary/aromatic N) is 1. The minimum absolute atomic E-state index is 0.113. The second-order valence-electron chi connectivity index (χ2n) is 3.49. The first kappa shape index (κ1) is 19.9. The van der Waals surface area contributed by atoms with Gasteiger partial charge in [0, 0.05) is 0 Å². The third-order valence-electron chi connectivity index (χ3n) is 2.02. The molecule has 1 saturated carbocycles. The van der Waals surface area contributed by atoms with Crippen LogP contribution in [0.15, 0.2) is 0 Å². The number of nitrogens with two attached hydrogens (primary N) is 2. The van der Waals surface area contributed by atoms with Gasteiger partial charge in [0.25, 0.3) is 5.09 Å². The van der Waals surface area contributed by atoms with Gasteiger partial charge in [-0.15, -0.1) is 21.7 Å². The van der Waals surface area contributed by atoms with Crippen LogP contribution in [-0.2, 0) is 24.6 Å². The Morgan fingerprint density at radius 1 is 1.61 bits per heavy atom. The Balaban J connectivity index is 0. The molecule has 0 aromatic rings. The van der Waals surface area contributed by atoms with Crippen molar-refractivity contribution in [3.05, 3.63) is 10.1 Å². The number of carboxylic acids is 1. The van der Waals surface area contributed by atoms with E-state index in [2.05, 4.69) is 19.8 Å². The maximum atomic E-state index is 9.24. The van der Waals surface area contributed by atoms with Gasteiger partial charge in [0.1, 0.15) is 5.88 Å². The van der Waals surface area contributed by atoms with E-state index in [0.717, 1.165) is 12.8 Å². The molecule has 0 heterocycles. The average molecular weight is 466 g/mol. The maximum absolute atomic E-state index is 9.24. The van der Waals surface area contributed by atoms with Gasteiger partial charge in [0.2, 0.25) is 0 Å². The summed E-state index contributed by atoms with van der Waals surface area (Å²) in [5, 5.41) is 21.2. The molecule has 2 atom stereocenters. The van der Waals surface area contributed by atoms with Crippen LogP contribution in [0.3, 0.4) is 0 Å². The van der Waals surface area contributed by atoms with Crippen LogP contribution in [-0.4, -0.2) is 37.2 Å². The van der Waals surface area contributed by atoms with Gasteiger partial charge in [-0.05, 0) is 0 Å². The molecule has 6 N–H and O–H groups in total. The quantitative estimate of drug-likeness (QED) is 0.242. The number of carboxylic acid groups (broad SMARTS) is 1. The molecule has 0 unspecified atom stereocenters. The summed E-state index contributed by atoms with van der Waals surface area (Å²) in [6.07, 6.45) is 4.67. The predicted molar refractivity (Wildman–Crippen MR) is 60.5 cm³/mol. The number of hydrogen-bond donors (Lipinski definition) is 4. The van der Waals surface area contributed by atoms with Gasteiger partial charge < -0.3 is 10.3 Å². The van der Waals surface area contributed by atoms with E-state index in [4.69, 9.17) is 43.5 Å². The summed E-state index contributed by atoms with van der Waals surface area (Å²) >= 11 is 6.99. The fourth-order valence-corrected chi connectivity index (χ4v) is 1.90. The van der Waals surface area contributed by atoms with E-state index in [1.165, 1.54) is 12.8 Å². The molecule has 8 nitrogen and oxygen atoms in total. The molecule has 0 spiro atoms. The van der Waals surface area contributed by atoms with Crippen LogP contribution in [0, 0.1) is 10.1 Å². The Morgan fingerprint density at radius 3 is 2.17 bits per heavy atom. The van der Waals surface area contributed by atoms with E-state index in [1.54, 1.807) is 0 Å². The van der Waals surface area contributed by atoms with Crippen molar-refractivity contribution in [2.75, 3.05) is 5.88 Å². The van der Waals surface area contributed by atoms with Crippen molar-refractivity contribution >= 4 is 17.6 Å². The molecule has 1 fully saturated rings. The van der Waals surface area contributed by atoms with Gasteiger partial charge in [0.15, 0.2) is 0 Å². The number of carbonyl (C=O) groups is 1. The van der Waals surface area contributed by atoms with Crippen LogP contribution in [0.1, 0.15) is 25.7 Å². The molecule has 0 aliphatic heterocycles. The standard InChI is InChI=1S/C6H13N2.C2H3ClO2.HNO3.Pt/c7-5-3-1-2-4-6(5)8;3-1-2(4)5;2-1(3)4;/h5H,1-4,7-8H2;1H2,(H,4,5);(H,2,3,4);/t5-;;;/m1.../s1. The Bertz CT molecular complexity index is 263. The molecule has 1 rings (SSSR count). The van der Waals surface area contributed by atoms with Crippen molar-refractivity contribution < 1.29 is 40.0 Å². The minimum atomic E-state index is -1.50.